The first-order chi connectivity index (χ1) is 6.72. The average molecular weight is 214 g/mol. The molecular formula is C11H16ClNO. The summed E-state index contributed by atoms with van der Waals surface area (Å²) < 4.78 is 0. The summed E-state index contributed by atoms with van der Waals surface area (Å²) in [4.78, 5) is 2.18. The van der Waals surface area contributed by atoms with Crippen molar-refractivity contribution in [2.24, 2.45) is 0 Å². The Bertz CT molecular complexity index is 297. The summed E-state index contributed by atoms with van der Waals surface area (Å²) in [6.07, 6.45) is 0. The van der Waals surface area contributed by atoms with E-state index in [0.717, 1.165) is 24.3 Å². The minimum Gasteiger partial charge on any atom is -0.392 e. The van der Waals surface area contributed by atoms with E-state index in [9.17, 15) is 0 Å². The summed E-state index contributed by atoms with van der Waals surface area (Å²) in [5.41, 5.74) is 1.89. The molecule has 0 heterocycles. The highest BCUT2D eigenvalue weighted by Gasteiger charge is 2.06. The van der Waals surface area contributed by atoms with Gasteiger partial charge in [0.05, 0.1) is 17.3 Å². The van der Waals surface area contributed by atoms with Gasteiger partial charge in [0.1, 0.15) is 0 Å². The summed E-state index contributed by atoms with van der Waals surface area (Å²) in [5, 5.41) is 9.64. The highest BCUT2D eigenvalue weighted by Crippen LogP contribution is 2.26. The number of aliphatic hydroxyl groups is 1. The zero-order chi connectivity index (χ0) is 10.6. The van der Waals surface area contributed by atoms with Crippen molar-refractivity contribution in [3.8, 4) is 0 Å². The Labute approximate surface area is 90.1 Å². The van der Waals surface area contributed by atoms with Crippen LogP contribution in [-0.2, 0) is 6.61 Å². The van der Waals surface area contributed by atoms with Gasteiger partial charge in [0.15, 0.2) is 0 Å². The molecule has 0 aliphatic carbocycles. The molecule has 1 aromatic carbocycles. The third-order valence-electron chi connectivity index (χ3n) is 2.30. The Balaban J connectivity index is 2.98. The van der Waals surface area contributed by atoms with Crippen molar-refractivity contribution in [2.75, 3.05) is 18.0 Å². The fraction of sp³-hybridized carbons (Fsp3) is 0.455. The molecule has 0 bridgehead atoms. The van der Waals surface area contributed by atoms with Gasteiger partial charge in [0, 0.05) is 13.1 Å². The topological polar surface area (TPSA) is 23.5 Å². The fourth-order valence-corrected chi connectivity index (χ4v) is 1.79. The van der Waals surface area contributed by atoms with E-state index in [1.807, 2.05) is 18.2 Å². The summed E-state index contributed by atoms with van der Waals surface area (Å²) in [6, 6.07) is 5.68. The van der Waals surface area contributed by atoms with Crippen LogP contribution in [0.1, 0.15) is 19.4 Å². The van der Waals surface area contributed by atoms with Crippen molar-refractivity contribution < 1.29 is 5.11 Å². The maximum atomic E-state index is 8.93. The number of anilines is 1. The van der Waals surface area contributed by atoms with E-state index in [1.165, 1.54) is 0 Å². The third kappa shape index (κ3) is 2.40. The predicted octanol–water partition coefficient (Wildman–Crippen LogP) is 2.68. The first-order valence-corrected chi connectivity index (χ1v) is 5.25. The van der Waals surface area contributed by atoms with Crippen molar-refractivity contribution >= 4 is 17.3 Å². The van der Waals surface area contributed by atoms with Crippen molar-refractivity contribution in [3.63, 3.8) is 0 Å². The average Bonchev–Trinajstić information content (AvgIpc) is 2.22. The third-order valence-corrected chi connectivity index (χ3v) is 2.60. The van der Waals surface area contributed by atoms with Crippen molar-refractivity contribution in [1.29, 1.82) is 0 Å². The van der Waals surface area contributed by atoms with E-state index in [0.29, 0.717) is 5.02 Å². The molecule has 1 N–H and O–H groups in total. The van der Waals surface area contributed by atoms with Crippen LogP contribution in [0, 0.1) is 0 Å². The normalized spacial score (nSPS) is 10.3. The Kier molecular flexibility index (Phi) is 4.23. The van der Waals surface area contributed by atoms with Gasteiger partial charge >= 0.3 is 0 Å². The molecule has 0 amide bonds. The van der Waals surface area contributed by atoms with Crippen LogP contribution in [0.2, 0.25) is 5.02 Å². The number of hydrogen-bond acceptors (Lipinski definition) is 2. The van der Waals surface area contributed by atoms with E-state index in [2.05, 4.69) is 18.7 Å². The van der Waals surface area contributed by atoms with Crippen LogP contribution >= 0.6 is 11.6 Å². The van der Waals surface area contributed by atoms with Gasteiger partial charge in [-0.25, -0.2) is 0 Å². The maximum Gasteiger partial charge on any atom is 0.0682 e. The van der Waals surface area contributed by atoms with E-state index < -0.39 is 0 Å². The molecule has 0 atom stereocenters. The Hall–Kier alpha value is -0.730. The van der Waals surface area contributed by atoms with Gasteiger partial charge in [-0.1, -0.05) is 17.7 Å². The van der Waals surface area contributed by atoms with Gasteiger partial charge in [-0.3, -0.25) is 0 Å². The van der Waals surface area contributed by atoms with E-state index in [1.54, 1.807) is 0 Å². The van der Waals surface area contributed by atoms with E-state index in [-0.39, 0.29) is 6.61 Å². The molecule has 1 aromatic rings. The molecule has 1 rings (SSSR count). The van der Waals surface area contributed by atoms with Crippen LogP contribution in [0.5, 0.6) is 0 Å². The summed E-state index contributed by atoms with van der Waals surface area (Å²) in [5.74, 6) is 0. The molecule has 0 fully saturated rings. The van der Waals surface area contributed by atoms with Gasteiger partial charge < -0.3 is 10.0 Å². The van der Waals surface area contributed by atoms with Crippen LogP contribution in [0.25, 0.3) is 0 Å². The van der Waals surface area contributed by atoms with Gasteiger partial charge in [0.2, 0.25) is 0 Å². The number of rotatable bonds is 4. The minimum atomic E-state index is 0.0399. The Morgan fingerprint density at radius 2 is 1.93 bits per heavy atom. The predicted molar refractivity (Wildman–Crippen MR) is 60.9 cm³/mol. The molecule has 0 spiro atoms. The van der Waals surface area contributed by atoms with E-state index in [4.69, 9.17) is 16.7 Å². The molecule has 3 heteroatoms. The number of hydrogen-bond donors (Lipinski definition) is 1. The molecule has 0 aromatic heterocycles. The molecule has 2 nitrogen and oxygen atoms in total. The molecular weight excluding hydrogens is 198 g/mol. The summed E-state index contributed by atoms with van der Waals surface area (Å²) >= 11 is 6.11. The Morgan fingerprint density at radius 1 is 1.29 bits per heavy atom. The summed E-state index contributed by atoms with van der Waals surface area (Å²) in [7, 11) is 0. The number of nitrogens with zero attached hydrogens (tertiary/aromatic N) is 1. The standard InChI is InChI=1S/C11H16ClNO/c1-3-13(4-2)11-6-5-9(8-14)7-10(11)12/h5-7,14H,3-4,8H2,1-2H3. The number of benzene rings is 1. The minimum absolute atomic E-state index is 0.0399. The summed E-state index contributed by atoms with van der Waals surface area (Å²) in [6.45, 7) is 6.11. The molecule has 0 aliphatic heterocycles. The lowest BCUT2D eigenvalue weighted by molar-refractivity contribution is 0.282. The molecule has 0 aliphatic rings. The smallest absolute Gasteiger partial charge is 0.0682 e. The number of halogens is 1. The largest absolute Gasteiger partial charge is 0.392 e. The number of aliphatic hydroxyl groups excluding tert-OH is 1. The quantitative estimate of drug-likeness (QED) is 0.832. The molecule has 0 saturated carbocycles. The second kappa shape index (κ2) is 5.23. The highest BCUT2D eigenvalue weighted by atomic mass is 35.5. The molecule has 14 heavy (non-hydrogen) atoms. The van der Waals surface area contributed by atoms with Crippen LogP contribution in [0.3, 0.4) is 0 Å². The van der Waals surface area contributed by atoms with Crippen molar-refractivity contribution in [3.05, 3.63) is 28.8 Å². The van der Waals surface area contributed by atoms with Gasteiger partial charge in [0.25, 0.3) is 0 Å². The van der Waals surface area contributed by atoms with Crippen LogP contribution in [-0.4, -0.2) is 18.2 Å². The lowest BCUT2D eigenvalue weighted by Gasteiger charge is -2.22. The second-order valence-electron chi connectivity index (χ2n) is 3.12. The molecule has 0 unspecified atom stereocenters. The lowest BCUT2D eigenvalue weighted by atomic mass is 10.2. The van der Waals surface area contributed by atoms with Crippen LogP contribution < -0.4 is 4.90 Å². The monoisotopic (exact) mass is 213 g/mol. The maximum absolute atomic E-state index is 8.93. The Morgan fingerprint density at radius 3 is 2.36 bits per heavy atom. The first kappa shape index (κ1) is 11.3. The molecule has 0 radical (unpaired) electrons. The molecule has 78 valence electrons. The first-order valence-electron chi connectivity index (χ1n) is 4.87. The van der Waals surface area contributed by atoms with E-state index >= 15 is 0 Å². The zero-order valence-electron chi connectivity index (χ0n) is 8.63. The van der Waals surface area contributed by atoms with Crippen molar-refractivity contribution in [1.82, 2.24) is 0 Å². The van der Waals surface area contributed by atoms with Crippen LogP contribution in [0.15, 0.2) is 18.2 Å². The second-order valence-corrected chi connectivity index (χ2v) is 3.52. The van der Waals surface area contributed by atoms with Crippen molar-refractivity contribution in [2.45, 2.75) is 20.5 Å². The highest BCUT2D eigenvalue weighted by molar-refractivity contribution is 6.33. The van der Waals surface area contributed by atoms with Gasteiger partial charge in [-0.15, -0.1) is 0 Å². The lowest BCUT2D eigenvalue weighted by Crippen LogP contribution is -2.22. The van der Waals surface area contributed by atoms with Crippen LogP contribution in [0.4, 0.5) is 5.69 Å². The SMILES string of the molecule is CCN(CC)c1ccc(CO)cc1Cl. The fourth-order valence-electron chi connectivity index (χ4n) is 1.47. The molecule has 0 saturated heterocycles. The van der Waals surface area contributed by atoms with Gasteiger partial charge in [-0.2, -0.15) is 0 Å². The zero-order valence-corrected chi connectivity index (χ0v) is 9.38. The van der Waals surface area contributed by atoms with Gasteiger partial charge in [-0.05, 0) is 31.5 Å².